The van der Waals surface area contributed by atoms with Gasteiger partial charge in [-0.2, -0.15) is 0 Å². The molecule has 1 aromatic rings. The molecule has 2 N–H and O–H groups in total. The maximum atomic E-state index is 6.14. The fourth-order valence-electron chi connectivity index (χ4n) is 2.92. The third kappa shape index (κ3) is 1.19. The van der Waals surface area contributed by atoms with Gasteiger partial charge in [-0.05, 0) is 60.8 Å². The minimum absolute atomic E-state index is 0.310. The normalized spacial score (nSPS) is 24.5. The van der Waals surface area contributed by atoms with E-state index >= 15 is 0 Å². The Hall–Kier alpha value is -0.820. The summed E-state index contributed by atoms with van der Waals surface area (Å²) < 4.78 is 0. The maximum Gasteiger partial charge on any atom is 0.0297 e. The Bertz CT molecular complexity index is 368. The Labute approximate surface area is 85.3 Å². The summed E-state index contributed by atoms with van der Waals surface area (Å²) in [5.41, 5.74) is 12.3. The standard InChI is InChI=1S/C13H17N/c14-13-6-2-5-11-7-9-3-1-4-10(9)8-12(11)13/h7-8,13H,1-6,14H2/t13-/m0/s1. The molecule has 0 radical (unpaired) electrons. The third-order valence-electron chi connectivity index (χ3n) is 3.71. The smallest absolute Gasteiger partial charge is 0.0297 e. The lowest BCUT2D eigenvalue weighted by Gasteiger charge is -2.23. The molecule has 0 saturated heterocycles. The van der Waals surface area contributed by atoms with Crippen LogP contribution in [0.15, 0.2) is 12.1 Å². The molecule has 0 amide bonds. The summed E-state index contributed by atoms with van der Waals surface area (Å²) in [7, 11) is 0. The molecule has 1 aromatic carbocycles. The van der Waals surface area contributed by atoms with Gasteiger partial charge in [0.05, 0.1) is 0 Å². The molecule has 0 aromatic heterocycles. The van der Waals surface area contributed by atoms with Crippen molar-refractivity contribution in [1.29, 1.82) is 0 Å². The molecule has 1 nitrogen and oxygen atoms in total. The van der Waals surface area contributed by atoms with Crippen LogP contribution < -0.4 is 5.73 Å². The summed E-state index contributed by atoms with van der Waals surface area (Å²) in [5.74, 6) is 0. The van der Waals surface area contributed by atoms with E-state index in [9.17, 15) is 0 Å². The van der Waals surface area contributed by atoms with Crippen LogP contribution in [0.4, 0.5) is 0 Å². The van der Waals surface area contributed by atoms with Crippen molar-refractivity contribution in [3.05, 3.63) is 34.4 Å². The minimum Gasteiger partial charge on any atom is -0.324 e. The van der Waals surface area contributed by atoms with E-state index in [1.54, 1.807) is 11.1 Å². The topological polar surface area (TPSA) is 26.0 Å². The highest BCUT2D eigenvalue weighted by Gasteiger charge is 2.20. The van der Waals surface area contributed by atoms with E-state index in [0.717, 1.165) is 0 Å². The first kappa shape index (κ1) is 8.49. The van der Waals surface area contributed by atoms with E-state index < -0.39 is 0 Å². The molecule has 1 atom stereocenters. The van der Waals surface area contributed by atoms with Gasteiger partial charge in [0.1, 0.15) is 0 Å². The second kappa shape index (κ2) is 3.09. The first-order valence-corrected chi connectivity index (χ1v) is 5.75. The first-order valence-electron chi connectivity index (χ1n) is 5.75. The van der Waals surface area contributed by atoms with Crippen LogP contribution in [0.1, 0.15) is 47.6 Å². The highest BCUT2D eigenvalue weighted by atomic mass is 14.6. The zero-order chi connectivity index (χ0) is 9.54. The average Bonchev–Trinajstić information content (AvgIpc) is 2.62. The molecule has 3 rings (SSSR count). The predicted molar refractivity (Wildman–Crippen MR) is 58.3 cm³/mol. The van der Waals surface area contributed by atoms with Crippen molar-refractivity contribution in [2.75, 3.05) is 0 Å². The summed E-state index contributed by atoms with van der Waals surface area (Å²) in [4.78, 5) is 0. The highest BCUT2D eigenvalue weighted by Crippen LogP contribution is 2.33. The van der Waals surface area contributed by atoms with Crippen molar-refractivity contribution in [3.8, 4) is 0 Å². The van der Waals surface area contributed by atoms with E-state index in [0.29, 0.717) is 6.04 Å². The van der Waals surface area contributed by atoms with Gasteiger partial charge >= 0.3 is 0 Å². The first-order chi connectivity index (χ1) is 6.84. The zero-order valence-electron chi connectivity index (χ0n) is 8.55. The van der Waals surface area contributed by atoms with Gasteiger partial charge in [-0.1, -0.05) is 12.1 Å². The van der Waals surface area contributed by atoms with Crippen molar-refractivity contribution in [1.82, 2.24) is 0 Å². The summed E-state index contributed by atoms with van der Waals surface area (Å²) in [6.45, 7) is 0. The predicted octanol–water partition coefficient (Wildman–Crippen LogP) is 2.51. The highest BCUT2D eigenvalue weighted by molar-refractivity contribution is 5.43. The van der Waals surface area contributed by atoms with Crippen LogP contribution in [0, 0.1) is 0 Å². The maximum absolute atomic E-state index is 6.14. The lowest BCUT2D eigenvalue weighted by molar-refractivity contribution is 0.569. The molecular weight excluding hydrogens is 170 g/mol. The lowest BCUT2D eigenvalue weighted by atomic mass is 9.86. The van der Waals surface area contributed by atoms with Gasteiger partial charge in [0.2, 0.25) is 0 Å². The fraction of sp³-hybridized carbons (Fsp3) is 0.538. The van der Waals surface area contributed by atoms with Crippen LogP contribution in [0.2, 0.25) is 0 Å². The van der Waals surface area contributed by atoms with Gasteiger partial charge in [-0.15, -0.1) is 0 Å². The molecular formula is C13H17N. The van der Waals surface area contributed by atoms with E-state index in [-0.39, 0.29) is 0 Å². The average molecular weight is 187 g/mol. The number of benzene rings is 1. The number of nitrogens with two attached hydrogens (primary N) is 1. The molecule has 1 heteroatoms. The van der Waals surface area contributed by atoms with Crippen LogP contribution >= 0.6 is 0 Å². The number of hydrogen-bond donors (Lipinski definition) is 1. The largest absolute Gasteiger partial charge is 0.324 e. The number of fused-ring (bicyclic) bond motifs is 2. The van der Waals surface area contributed by atoms with Crippen molar-refractivity contribution < 1.29 is 0 Å². The Kier molecular flexibility index (Phi) is 1.88. The molecule has 2 aliphatic carbocycles. The van der Waals surface area contributed by atoms with Crippen LogP contribution in [0.3, 0.4) is 0 Å². The van der Waals surface area contributed by atoms with E-state index in [4.69, 9.17) is 5.73 Å². The van der Waals surface area contributed by atoms with Crippen molar-refractivity contribution in [2.24, 2.45) is 5.73 Å². The van der Waals surface area contributed by atoms with E-state index in [1.807, 2.05) is 0 Å². The molecule has 0 unspecified atom stereocenters. The Balaban J connectivity index is 2.12. The molecule has 0 fully saturated rings. The van der Waals surface area contributed by atoms with Crippen molar-refractivity contribution in [2.45, 2.75) is 44.6 Å². The summed E-state index contributed by atoms with van der Waals surface area (Å²) >= 11 is 0. The zero-order valence-corrected chi connectivity index (χ0v) is 8.55. The van der Waals surface area contributed by atoms with Crippen LogP contribution in [-0.4, -0.2) is 0 Å². The molecule has 0 heterocycles. The van der Waals surface area contributed by atoms with Gasteiger partial charge in [0, 0.05) is 6.04 Å². The molecule has 0 aliphatic heterocycles. The van der Waals surface area contributed by atoms with Crippen molar-refractivity contribution in [3.63, 3.8) is 0 Å². The number of rotatable bonds is 0. The van der Waals surface area contributed by atoms with Gasteiger partial charge in [0.15, 0.2) is 0 Å². The second-order valence-corrected chi connectivity index (χ2v) is 4.67. The monoisotopic (exact) mass is 187 g/mol. The molecule has 0 bridgehead atoms. The third-order valence-corrected chi connectivity index (χ3v) is 3.71. The molecule has 0 spiro atoms. The minimum atomic E-state index is 0.310. The molecule has 14 heavy (non-hydrogen) atoms. The lowest BCUT2D eigenvalue weighted by Crippen LogP contribution is -2.17. The summed E-state index contributed by atoms with van der Waals surface area (Å²) in [6.07, 6.45) is 7.59. The Morgan fingerprint density at radius 3 is 2.50 bits per heavy atom. The Morgan fingerprint density at radius 1 is 0.929 bits per heavy atom. The van der Waals surface area contributed by atoms with Crippen LogP contribution in [0.5, 0.6) is 0 Å². The van der Waals surface area contributed by atoms with Crippen LogP contribution in [0.25, 0.3) is 0 Å². The van der Waals surface area contributed by atoms with Crippen LogP contribution in [-0.2, 0) is 19.3 Å². The number of aryl methyl sites for hydroxylation is 3. The van der Waals surface area contributed by atoms with Gasteiger partial charge in [0.25, 0.3) is 0 Å². The number of hydrogen-bond acceptors (Lipinski definition) is 1. The molecule has 2 aliphatic rings. The van der Waals surface area contributed by atoms with Gasteiger partial charge < -0.3 is 5.73 Å². The van der Waals surface area contributed by atoms with E-state index in [1.165, 1.54) is 49.7 Å². The molecule has 0 saturated carbocycles. The van der Waals surface area contributed by atoms with Gasteiger partial charge in [-0.3, -0.25) is 0 Å². The quantitative estimate of drug-likeness (QED) is 0.663. The fourth-order valence-corrected chi connectivity index (χ4v) is 2.92. The van der Waals surface area contributed by atoms with Gasteiger partial charge in [-0.25, -0.2) is 0 Å². The summed E-state index contributed by atoms with van der Waals surface area (Å²) in [5, 5.41) is 0. The SMILES string of the molecule is N[C@H]1CCCc2cc3c(cc21)CCC3. The summed E-state index contributed by atoms with van der Waals surface area (Å²) in [6, 6.07) is 5.13. The van der Waals surface area contributed by atoms with E-state index in [2.05, 4.69) is 12.1 Å². The van der Waals surface area contributed by atoms with Crippen molar-refractivity contribution >= 4 is 0 Å². The molecule has 74 valence electrons. The second-order valence-electron chi connectivity index (χ2n) is 4.67. The Morgan fingerprint density at radius 2 is 1.64 bits per heavy atom.